The third kappa shape index (κ3) is 0.584. The van der Waals surface area contributed by atoms with Gasteiger partial charge in [-0.2, -0.15) is 0 Å². The highest BCUT2D eigenvalue weighted by Gasteiger charge is 2.19. The molecule has 0 aromatic heterocycles. The average molecular weight is 143 g/mol. The van der Waals surface area contributed by atoms with E-state index in [-0.39, 0.29) is 0 Å². The molecule has 2 aliphatic carbocycles. The maximum Gasteiger partial charge on any atom is 0.0649 e. The van der Waals surface area contributed by atoms with E-state index in [4.69, 9.17) is 0 Å². The lowest BCUT2D eigenvalue weighted by atomic mass is 9.87. The van der Waals surface area contributed by atoms with Crippen LogP contribution in [0.2, 0.25) is 0 Å². The van der Waals surface area contributed by atoms with Crippen molar-refractivity contribution in [2.75, 3.05) is 0 Å². The maximum atomic E-state index is 4.29. The van der Waals surface area contributed by atoms with Gasteiger partial charge in [-0.15, -0.1) is 0 Å². The maximum absolute atomic E-state index is 4.29. The van der Waals surface area contributed by atoms with Crippen molar-refractivity contribution in [1.29, 1.82) is 0 Å². The van der Waals surface area contributed by atoms with Crippen LogP contribution in [0.25, 0.3) is 0 Å². The molecule has 1 aromatic carbocycles. The molecule has 1 aromatic rings. The van der Waals surface area contributed by atoms with Crippen molar-refractivity contribution in [2.45, 2.75) is 19.4 Å². The van der Waals surface area contributed by atoms with Crippen LogP contribution in [0.4, 0.5) is 0 Å². The van der Waals surface area contributed by atoms with Gasteiger partial charge in [-0.05, 0) is 29.5 Å². The summed E-state index contributed by atoms with van der Waals surface area (Å²) in [6.45, 7) is 0.929. The molecular weight excluding hydrogens is 134 g/mol. The van der Waals surface area contributed by atoms with Crippen LogP contribution in [0.1, 0.15) is 22.3 Å². The molecule has 1 nitrogen and oxygen atoms in total. The summed E-state index contributed by atoms with van der Waals surface area (Å²) >= 11 is 0. The Labute approximate surface area is 65.8 Å². The summed E-state index contributed by atoms with van der Waals surface area (Å²) in [5.41, 5.74) is 5.94. The SMILES string of the molecule is C1=NCc2c3ccc(c21)CC3. The predicted octanol–water partition coefficient (Wildman–Crippen LogP) is 1.72. The molecule has 0 amide bonds. The number of nitrogens with zero attached hydrogens (tertiary/aromatic N) is 1. The van der Waals surface area contributed by atoms with Crippen molar-refractivity contribution < 1.29 is 0 Å². The highest BCUT2D eigenvalue weighted by atomic mass is 14.7. The van der Waals surface area contributed by atoms with Crippen LogP contribution in [0.3, 0.4) is 0 Å². The Kier molecular flexibility index (Phi) is 0.869. The summed E-state index contributed by atoms with van der Waals surface area (Å²) in [4.78, 5) is 4.29. The van der Waals surface area contributed by atoms with E-state index in [9.17, 15) is 0 Å². The topological polar surface area (TPSA) is 12.4 Å². The summed E-state index contributed by atoms with van der Waals surface area (Å²) in [6.07, 6.45) is 4.51. The van der Waals surface area contributed by atoms with Crippen LogP contribution in [-0.4, -0.2) is 6.21 Å². The van der Waals surface area contributed by atoms with Crippen LogP contribution < -0.4 is 0 Å². The molecule has 1 aliphatic heterocycles. The summed E-state index contributed by atoms with van der Waals surface area (Å²) in [6, 6.07) is 4.50. The van der Waals surface area contributed by atoms with Gasteiger partial charge in [0, 0.05) is 11.8 Å². The number of benzene rings is 1. The van der Waals surface area contributed by atoms with Gasteiger partial charge in [0.15, 0.2) is 0 Å². The standard InChI is InChI=1S/C10H9N/c1-2-8-4-3-7(1)9-5-11-6-10(8)9/h1-2,5H,3-4,6H2. The number of hydrogen-bond donors (Lipinski definition) is 0. The van der Waals surface area contributed by atoms with Crippen LogP contribution in [-0.2, 0) is 19.4 Å². The van der Waals surface area contributed by atoms with Gasteiger partial charge in [0.05, 0.1) is 6.54 Å². The van der Waals surface area contributed by atoms with Crippen molar-refractivity contribution in [3.05, 3.63) is 34.4 Å². The van der Waals surface area contributed by atoms with Crippen LogP contribution >= 0.6 is 0 Å². The second kappa shape index (κ2) is 1.73. The first kappa shape index (κ1) is 5.53. The quantitative estimate of drug-likeness (QED) is 0.524. The van der Waals surface area contributed by atoms with Crippen molar-refractivity contribution in [3.8, 4) is 0 Å². The van der Waals surface area contributed by atoms with Gasteiger partial charge in [-0.25, -0.2) is 0 Å². The Balaban J connectivity index is 2.42. The van der Waals surface area contributed by atoms with Gasteiger partial charge in [-0.1, -0.05) is 12.1 Å². The molecule has 0 saturated heterocycles. The summed E-state index contributed by atoms with van der Waals surface area (Å²) in [5, 5.41) is 0. The van der Waals surface area contributed by atoms with E-state index in [2.05, 4.69) is 17.1 Å². The Bertz CT molecular complexity index is 350. The van der Waals surface area contributed by atoms with Gasteiger partial charge in [-0.3, -0.25) is 4.99 Å². The normalized spacial score (nSPS) is 17.5. The van der Waals surface area contributed by atoms with Gasteiger partial charge in [0.25, 0.3) is 0 Å². The van der Waals surface area contributed by atoms with Crippen molar-refractivity contribution in [2.24, 2.45) is 4.99 Å². The van der Waals surface area contributed by atoms with Gasteiger partial charge in [0.1, 0.15) is 0 Å². The lowest BCUT2D eigenvalue weighted by Crippen LogP contribution is -2.08. The average Bonchev–Trinajstić information content (AvgIpc) is 2.55. The van der Waals surface area contributed by atoms with Crippen LogP contribution in [0.5, 0.6) is 0 Å². The summed E-state index contributed by atoms with van der Waals surface area (Å²) in [5.74, 6) is 0. The van der Waals surface area contributed by atoms with E-state index >= 15 is 0 Å². The fourth-order valence-corrected chi connectivity index (χ4v) is 2.06. The molecule has 0 saturated carbocycles. The number of aryl methyl sites for hydroxylation is 2. The minimum absolute atomic E-state index is 0.929. The zero-order valence-electron chi connectivity index (χ0n) is 6.30. The molecule has 3 aliphatic rings. The third-order valence-electron chi connectivity index (χ3n) is 2.68. The fraction of sp³-hybridized carbons (Fsp3) is 0.300. The first-order valence-electron chi connectivity index (χ1n) is 4.08. The smallest absolute Gasteiger partial charge is 0.0649 e. The Morgan fingerprint density at radius 1 is 1.09 bits per heavy atom. The largest absolute Gasteiger partial charge is 0.288 e. The highest BCUT2D eigenvalue weighted by molar-refractivity contribution is 5.87. The lowest BCUT2D eigenvalue weighted by Gasteiger charge is -2.17. The summed E-state index contributed by atoms with van der Waals surface area (Å²) < 4.78 is 0. The van der Waals surface area contributed by atoms with Crippen LogP contribution in [0, 0.1) is 0 Å². The first-order valence-corrected chi connectivity index (χ1v) is 4.08. The molecule has 2 bridgehead atoms. The Hall–Kier alpha value is -1.11. The molecule has 0 N–H and O–H groups in total. The first-order chi connectivity index (χ1) is 5.45. The van der Waals surface area contributed by atoms with Crippen molar-refractivity contribution >= 4 is 6.21 Å². The molecule has 0 unspecified atom stereocenters. The van der Waals surface area contributed by atoms with E-state index < -0.39 is 0 Å². The zero-order valence-corrected chi connectivity index (χ0v) is 6.30. The van der Waals surface area contributed by atoms with Gasteiger partial charge < -0.3 is 0 Å². The molecule has 1 heteroatoms. The molecule has 11 heavy (non-hydrogen) atoms. The van der Waals surface area contributed by atoms with E-state index in [0.717, 1.165) is 6.54 Å². The molecular formula is C10H9N. The zero-order chi connectivity index (χ0) is 7.26. The van der Waals surface area contributed by atoms with Gasteiger partial charge >= 0.3 is 0 Å². The molecule has 1 heterocycles. The summed E-state index contributed by atoms with van der Waals surface area (Å²) in [7, 11) is 0. The number of rotatable bonds is 0. The fourth-order valence-electron chi connectivity index (χ4n) is 2.06. The highest BCUT2D eigenvalue weighted by Crippen LogP contribution is 2.29. The van der Waals surface area contributed by atoms with Crippen molar-refractivity contribution in [3.63, 3.8) is 0 Å². The molecule has 0 atom stereocenters. The number of fused-ring (bicyclic) bond motifs is 2. The molecule has 54 valence electrons. The predicted molar refractivity (Wildman–Crippen MR) is 45.1 cm³/mol. The molecule has 0 fully saturated rings. The van der Waals surface area contributed by atoms with E-state index in [1.165, 1.54) is 35.1 Å². The lowest BCUT2D eigenvalue weighted by molar-refractivity contribution is 0.884. The minimum atomic E-state index is 0.929. The van der Waals surface area contributed by atoms with E-state index in [1.807, 2.05) is 6.21 Å². The second-order valence-electron chi connectivity index (χ2n) is 3.25. The monoisotopic (exact) mass is 143 g/mol. The number of aliphatic imine (C=N–C) groups is 1. The Morgan fingerprint density at radius 3 is 2.64 bits per heavy atom. The van der Waals surface area contributed by atoms with Crippen molar-refractivity contribution in [1.82, 2.24) is 0 Å². The van der Waals surface area contributed by atoms with Crippen LogP contribution in [0.15, 0.2) is 17.1 Å². The van der Waals surface area contributed by atoms with E-state index in [1.54, 1.807) is 0 Å². The van der Waals surface area contributed by atoms with E-state index in [0.29, 0.717) is 0 Å². The Morgan fingerprint density at radius 2 is 1.91 bits per heavy atom. The third-order valence-corrected chi connectivity index (χ3v) is 2.68. The molecule has 0 radical (unpaired) electrons. The molecule has 4 rings (SSSR count). The van der Waals surface area contributed by atoms with Gasteiger partial charge in [0.2, 0.25) is 0 Å². The molecule has 0 spiro atoms. The minimum Gasteiger partial charge on any atom is -0.288 e. The number of hydrogen-bond acceptors (Lipinski definition) is 1. The second-order valence-corrected chi connectivity index (χ2v) is 3.25.